The van der Waals surface area contributed by atoms with Gasteiger partial charge in [-0.05, 0) is 27.2 Å². The monoisotopic (exact) mass is 323 g/mol. The molecule has 1 aliphatic heterocycles. The number of hydrogen-bond acceptors (Lipinski definition) is 5. The van der Waals surface area contributed by atoms with Gasteiger partial charge in [-0.2, -0.15) is 8.42 Å². The van der Waals surface area contributed by atoms with Crippen molar-refractivity contribution in [2.45, 2.75) is 63.9 Å². The van der Waals surface area contributed by atoms with Gasteiger partial charge < -0.3 is 9.64 Å². The van der Waals surface area contributed by atoms with Crippen LogP contribution in [-0.4, -0.2) is 48.6 Å². The van der Waals surface area contributed by atoms with E-state index in [-0.39, 0.29) is 6.54 Å². The van der Waals surface area contributed by atoms with Crippen LogP contribution in [0.15, 0.2) is 0 Å². The lowest BCUT2D eigenvalue weighted by molar-refractivity contribution is -0.164. The molecule has 122 valence electrons. The van der Waals surface area contributed by atoms with E-state index in [0.717, 1.165) is 4.90 Å². The van der Waals surface area contributed by atoms with Crippen molar-refractivity contribution in [2.24, 2.45) is 0 Å². The molecule has 0 aromatic carbocycles. The maximum absolute atomic E-state index is 13.0. The predicted octanol–water partition coefficient (Wildman–Crippen LogP) is 1.40. The van der Waals surface area contributed by atoms with Crippen LogP contribution in [0.3, 0.4) is 0 Å². The Balaban J connectivity index is 2.91. The zero-order valence-electron chi connectivity index (χ0n) is 12.8. The number of amides is 1. The Morgan fingerprint density at radius 1 is 1.48 bits per heavy atom. The topological polar surface area (TPSA) is 80.8 Å². The van der Waals surface area contributed by atoms with E-state index in [4.69, 9.17) is 4.74 Å². The number of carbonyl (C=O) groups excluding carboxylic acids is 2. The maximum Gasteiger partial charge on any atom is 0.329 e. The first-order valence-electron chi connectivity index (χ1n) is 6.91. The number of carbonyl (C=O) groups is 2. The molecule has 2 atom stereocenters. The quantitative estimate of drug-likeness (QED) is 0.564. The minimum absolute atomic E-state index is 0.304. The van der Waals surface area contributed by atoms with Gasteiger partial charge in [-0.1, -0.05) is 13.3 Å². The number of hydrogen-bond donors (Lipinski definition) is 0. The molecule has 1 saturated heterocycles. The SMILES string of the molecule is CCCC(C(=O)OC(C)(C)C)N1CC(S(=O)(=O)F)CC1=O. The third-order valence-electron chi connectivity index (χ3n) is 3.14. The predicted molar refractivity (Wildman–Crippen MR) is 74.7 cm³/mol. The van der Waals surface area contributed by atoms with Gasteiger partial charge in [0, 0.05) is 13.0 Å². The average Bonchev–Trinajstić information content (AvgIpc) is 2.65. The molecule has 0 aromatic rings. The van der Waals surface area contributed by atoms with Gasteiger partial charge in [0.1, 0.15) is 16.9 Å². The van der Waals surface area contributed by atoms with Crippen molar-refractivity contribution < 1.29 is 26.6 Å². The maximum atomic E-state index is 13.0. The van der Waals surface area contributed by atoms with Crippen LogP contribution in [0.4, 0.5) is 3.89 Å². The van der Waals surface area contributed by atoms with Gasteiger partial charge >= 0.3 is 16.2 Å². The fraction of sp³-hybridized carbons (Fsp3) is 0.846. The van der Waals surface area contributed by atoms with Crippen molar-refractivity contribution in [3.05, 3.63) is 0 Å². The summed E-state index contributed by atoms with van der Waals surface area (Å²) in [6, 6.07) is -0.867. The molecular weight excluding hydrogens is 301 g/mol. The molecule has 1 amide bonds. The highest BCUT2D eigenvalue weighted by molar-refractivity contribution is 7.87. The van der Waals surface area contributed by atoms with Crippen LogP contribution < -0.4 is 0 Å². The minimum atomic E-state index is -4.79. The summed E-state index contributed by atoms with van der Waals surface area (Å²) in [6.45, 7) is 6.64. The molecule has 0 N–H and O–H groups in total. The molecule has 1 heterocycles. The Kier molecular flexibility index (Phi) is 5.35. The molecule has 8 heteroatoms. The molecule has 0 saturated carbocycles. The Bertz CT molecular complexity index is 511. The van der Waals surface area contributed by atoms with Gasteiger partial charge in [0.05, 0.1) is 0 Å². The summed E-state index contributed by atoms with van der Waals surface area (Å²) in [5.74, 6) is -1.12. The highest BCUT2D eigenvalue weighted by Crippen LogP contribution is 2.25. The van der Waals surface area contributed by atoms with E-state index in [1.54, 1.807) is 20.8 Å². The van der Waals surface area contributed by atoms with Crippen molar-refractivity contribution >= 4 is 22.1 Å². The van der Waals surface area contributed by atoms with E-state index >= 15 is 0 Å². The van der Waals surface area contributed by atoms with Crippen molar-refractivity contribution in [2.75, 3.05) is 6.54 Å². The average molecular weight is 323 g/mol. The highest BCUT2D eigenvalue weighted by Gasteiger charge is 2.43. The summed E-state index contributed by atoms with van der Waals surface area (Å²) in [4.78, 5) is 25.2. The van der Waals surface area contributed by atoms with Crippen LogP contribution in [-0.2, 0) is 24.5 Å². The summed E-state index contributed by atoms with van der Waals surface area (Å²) >= 11 is 0. The lowest BCUT2D eigenvalue weighted by Crippen LogP contribution is -2.45. The summed E-state index contributed by atoms with van der Waals surface area (Å²) in [5.41, 5.74) is -0.711. The van der Waals surface area contributed by atoms with Crippen LogP contribution in [0.25, 0.3) is 0 Å². The summed E-state index contributed by atoms with van der Waals surface area (Å²) in [5, 5.41) is -1.40. The van der Waals surface area contributed by atoms with E-state index in [9.17, 15) is 21.9 Å². The fourth-order valence-electron chi connectivity index (χ4n) is 2.23. The highest BCUT2D eigenvalue weighted by atomic mass is 32.3. The van der Waals surface area contributed by atoms with E-state index in [2.05, 4.69) is 0 Å². The largest absolute Gasteiger partial charge is 0.458 e. The molecule has 1 fully saturated rings. The van der Waals surface area contributed by atoms with Gasteiger partial charge in [-0.15, -0.1) is 3.89 Å². The molecular formula is C13H22FNO5S. The normalized spacial score (nSPS) is 21.5. The second-order valence-electron chi connectivity index (χ2n) is 6.19. The standard InChI is InChI=1S/C13H22FNO5S/c1-5-6-10(12(17)20-13(2,3)4)15-8-9(7-11(15)16)21(14,18)19/h9-10H,5-8H2,1-4H3. The van der Waals surface area contributed by atoms with E-state index < -0.39 is 45.4 Å². The van der Waals surface area contributed by atoms with Crippen molar-refractivity contribution in [3.63, 3.8) is 0 Å². The van der Waals surface area contributed by atoms with Crippen molar-refractivity contribution in [1.29, 1.82) is 0 Å². The lowest BCUT2D eigenvalue weighted by Gasteiger charge is -2.29. The summed E-state index contributed by atoms with van der Waals surface area (Å²) in [7, 11) is -4.79. The molecule has 0 aromatic heterocycles. The van der Waals surface area contributed by atoms with E-state index in [1.165, 1.54) is 0 Å². The first-order valence-corrected chi connectivity index (χ1v) is 8.36. The van der Waals surface area contributed by atoms with E-state index in [1.807, 2.05) is 6.92 Å². The van der Waals surface area contributed by atoms with Crippen LogP contribution in [0.1, 0.15) is 47.0 Å². The molecule has 6 nitrogen and oxygen atoms in total. The number of nitrogens with zero attached hydrogens (tertiary/aromatic N) is 1. The van der Waals surface area contributed by atoms with Crippen molar-refractivity contribution in [3.8, 4) is 0 Å². The molecule has 1 aliphatic rings. The molecule has 1 rings (SSSR count). The number of halogens is 1. The molecule has 2 unspecified atom stereocenters. The lowest BCUT2D eigenvalue weighted by atomic mass is 10.1. The number of likely N-dealkylation sites (tertiary alicyclic amines) is 1. The first kappa shape index (κ1) is 17.9. The zero-order chi connectivity index (χ0) is 16.4. The van der Waals surface area contributed by atoms with E-state index in [0.29, 0.717) is 12.8 Å². The minimum Gasteiger partial charge on any atom is -0.458 e. The van der Waals surface area contributed by atoms with Crippen LogP contribution >= 0.6 is 0 Å². The second-order valence-corrected chi connectivity index (χ2v) is 7.80. The first-order chi connectivity index (χ1) is 9.45. The third kappa shape index (κ3) is 4.94. The Hall–Kier alpha value is -1.18. The van der Waals surface area contributed by atoms with Crippen LogP contribution in [0, 0.1) is 0 Å². The van der Waals surface area contributed by atoms with Gasteiger partial charge in [0.25, 0.3) is 0 Å². The van der Waals surface area contributed by atoms with Gasteiger partial charge in [0.15, 0.2) is 0 Å². The number of esters is 1. The molecule has 0 bridgehead atoms. The molecule has 0 radical (unpaired) electrons. The van der Waals surface area contributed by atoms with Crippen LogP contribution in [0.5, 0.6) is 0 Å². The smallest absolute Gasteiger partial charge is 0.329 e. The summed E-state index contributed by atoms with van der Waals surface area (Å²) < 4.78 is 40.2. The second kappa shape index (κ2) is 6.29. The molecule has 0 spiro atoms. The summed E-state index contributed by atoms with van der Waals surface area (Å²) in [6.07, 6.45) is 0.530. The fourth-order valence-corrected chi connectivity index (χ4v) is 2.91. The Labute approximate surface area is 124 Å². The van der Waals surface area contributed by atoms with Crippen molar-refractivity contribution in [1.82, 2.24) is 4.90 Å². The Morgan fingerprint density at radius 2 is 2.05 bits per heavy atom. The number of rotatable bonds is 5. The zero-order valence-corrected chi connectivity index (χ0v) is 13.6. The van der Waals surface area contributed by atoms with Crippen LogP contribution in [0.2, 0.25) is 0 Å². The van der Waals surface area contributed by atoms with Gasteiger partial charge in [-0.25, -0.2) is 4.79 Å². The third-order valence-corrected chi connectivity index (χ3v) is 4.25. The molecule has 0 aliphatic carbocycles. The number of ether oxygens (including phenoxy) is 1. The Morgan fingerprint density at radius 3 is 2.43 bits per heavy atom. The van der Waals surface area contributed by atoms with Gasteiger partial charge in [0.2, 0.25) is 5.91 Å². The van der Waals surface area contributed by atoms with Gasteiger partial charge in [-0.3, -0.25) is 4.79 Å². The molecule has 21 heavy (non-hydrogen) atoms.